The van der Waals surface area contributed by atoms with Gasteiger partial charge < -0.3 is 5.73 Å². The Morgan fingerprint density at radius 3 is 2.60 bits per heavy atom. The predicted molar refractivity (Wildman–Crippen MR) is 78.7 cm³/mol. The fraction of sp³-hybridized carbons (Fsp3) is 0.200. The summed E-state index contributed by atoms with van der Waals surface area (Å²) < 4.78 is 0. The number of benzene rings is 1. The number of nitrogens with zero attached hydrogens (tertiary/aromatic N) is 1. The highest BCUT2D eigenvalue weighted by molar-refractivity contribution is 7.10. The summed E-state index contributed by atoms with van der Waals surface area (Å²) in [6.45, 7) is 1.97. The Morgan fingerprint density at radius 2 is 2.00 bits per heavy atom. The number of carbonyl (C=O) groups excluding carboxylic acids is 2. The van der Waals surface area contributed by atoms with Crippen molar-refractivity contribution < 1.29 is 9.59 Å². The molecule has 0 spiro atoms. The molecule has 2 heterocycles. The van der Waals surface area contributed by atoms with Crippen LogP contribution in [0.5, 0.6) is 0 Å². The van der Waals surface area contributed by atoms with Gasteiger partial charge in [0.25, 0.3) is 11.8 Å². The number of amides is 2. The minimum atomic E-state index is -0.289. The first-order chi connectivity index (χ1) is 9.65. The number of rotatable bonds is 3. The Bertz CT molecular complexity index is 679. The Balaban J connectivity index is 2.07. The predicted octanol–water partition coefficient (Wildman–Crippen LogP) is 3.08. The van der Waals surface area contributed by atoms with E-state index >= 15 is 0 Å². The van der Waals surface area contributed by atoms with Crippen LogP contribution in [-0.2, 0) is 0 Å². The van der Waals surface area contributed by atoms with Crippen molar-refractivity contribution in [3.63, 3.8) is 0 Å². The molecule has 20 heavy (non-hydrogen) atoms. The largest absolute Gasteiger partial charge is 0.398 e. The summed E-state index contributed by atoms with van der Waals surface area (Å²) in [5.41, 5.74) is 6.96. The third-order valence-electron chi connectivity index (χ3n) is 3.55. The molecule has 4 nitrogen and oxygen atoms in total. The topological polar surface area (TPSA) is 63.4 Å². The average Bonchev–Trinajstić information content (AvgIpc) is 3.03. The van der Waals surface area contributed by atoms with Crippen molar-refractivity contribution in [2.24, 2.45) is 0 Å². The molecule has 0 fully saturated rings. The lowest BCUT2D eigenvalue weighted by molar-refractivity contribution is 0.0581. The number of hydrogen-bond acceptors (Lipinski definition) is 4. The molecule has 2 aromatic rings. The molecule has 0 aliphatic carbocycles. The summed E-state index contributed by atoms with van der Waals surface area (Å²) in [5.74, 6) is -0.541. The maximum atomic E-state index is 12.6. The monoisotopic (exact) mass is 286 g/mol. The van der Waals surface area contributed by atoms with Crippen molar-refractivity contribution in [3.8, 4) is 0 Å². The summed E-state index contributed by atoms with van der Waals surface area (Å²) in [6, 6.07) is 8.67. The zero-order valence-corrected chi connectivity index (χ0v) is 11.8. The Morgan fingerprint density at radius 1 is 1.20 bits per heavy atom. The lowest BCUT2D eigenvalue weighted by atomic mass is 10.1. The van der Waals surface area contributed by atoms with E-state index in [0.717, 1.165) is 4.88 Å². The molecule has 2 amide bonds. The van der Waals surface area contributed by atoms with Crippen molar-refractivity contribution >= 4 is 28.8 Å². The number of carbonyl (C=O) groups is 2. The Hall–Kier alpha value is -2.14. The van der Waals surface area contributed by atoms with E-state index in [-0.39, 0.29) is 17.9 Å². The first-order valence-electron chi connectivity index (χ1n) is 6.45. The van der Waals surface area contributed by atoms with Crippen LogP contribution >= 0.6 is 11.3 Å². The zero-order chi connectivity index (χ0) is 14.3. The first-order valence-corrected chi connectivity index (χ1v) is 7.33. The van der Waals surface area contributed by atoms with E-state index in [4.69, 9.17) is 5.73 Å². The SMILES string of the molecule is CCC(c1cccs1)N1C(=O)c2cccc(N)c2C1=O. The molecular formula is C15H14N2O2S. The zero-order valence-electron chi connectivity index (χ0n) is 11.0. The van der Waals surface area contributed by atoms with Gasteiger partial charge in [-0.25, -0.2) is 0 Å². The standard InChI is InChI=1S/C15H14N2O2S/c1-2-11(12-7-4-8-20-12)17-14(18)9-5-3-6-10(16)13(9)15(17)19/h3-8,11H,2,16H2,1H3. The number of fused-ring (bicyclic) bond motifs is 1. The third kappa shape index (κ3) is 1.74. The van der Waals surface area contributed by atoms with Gasteiger partial charge in [0, 0.05) is 10.6 Å². The lowest BCUT2D eigenvalue weighted by Crippen LogP contribution is -2.33. The molecule has 0 bridgehead atoms. The average molecular weight is 286 g/mol. The number of nitrogens with two attached hydrogens (primary N) is 1. The molecule has 1 aliphatic rings. The first kappa shape index (κ1) is 12.9. The van der Waals surface area contributed by atoms with Crippen LogP contribution in [0.4, 0.5) is 5.69 Å². The molecule has 0 saturated heterocycles. The third-order valence-corrected chi connectivity index (χ3v) is 4.52. The summed E-state index contributed by atoms with van der Waals surface area (Å²) in [7, 11) is 0. The maximum absolute atomic E-state index is 12.6. The van der Waals surface area contributed by atoms with E-state index in [1.165, 1.54) is 4.90 Å². The van der Waals surface area contributed by atoms with Crippen LogP contribution in [0.15, 0.2) is 35.7 Å². The van der Waals surface area contributed by atoms with Crippen molar-refractivity contribution in [2.75, 3.05) is 5.73 Å². The normalized spacial score (nSPS) is 15.6. The van der Waals surface area contributed by atoms with Crippen LogP contribution < -0.4 is 5.73 Å². The highest BCUT2D eigenvalue weighted by atomic mass is 32.1. The molecule has 1 aliphatic heterocycles. The van der Waals surface area contributed by atoms with Gasteiger partial charge in [-0.1, -0.05) is 19.1 Å². The molecule has 0 radical (unpaired) electrons. The van der Waals surface area contributed by atoms with Crippen LogP contribution in [0.1, 0.15) is 45.0 Å². The van der Waals surface area contributed by atoms with Crippen molar-refractivity contribution in [2.45, 2.75) is 19.4 Å². The maximum Gasteiger partial charge on any atom is 0.264 e. The molecule has 1 aromatic heterocycles. The van der Waals surface area contributed by atoms with Gasteiger partial charge in [0.15, 0.2) is 0 Å². The van der Waals surface area contributed by atoms with E-state index in [1.54, 1.807) is 29.5 Å². The van der Waals surface area contributed by atoms with E-state index in [9.17, 15) is 9.59 Å². The summed E-state index contributed by atoms with van der Waals surface area (Å²) in [4.78, 5) is 27.4. The molecule has 1 unspecified atom stereocenters. The second-order valence-corrected chi connectivity index (χ2v) is 5.67. The second kappa shape index (κ2) is 4.76. The van der Waals surface area contributed by atoms with Crippen LogP contribution in [0.25, 0.3) is 0 Å². The van der Waals surface area contributed by atoms with Gasteiger partial charge in [-0.15, -0.1) is 11.3 Å². The fourth-order valence-corrected chi connectivity index (χ4v) is 3.51. The molecule has 5 heteroatoms. The van der Waals surface area contributed by atoms with Crippen LogP contribution in [0.2, 0.25) is 0 Å². The number of nitrogen functional groups attached to an aromatic ring is 1. The smallest absolute Gasteiger partial charge is 0.264 e. The van der Waals surface area contributed by atoms with E-state index < -0.39 is 0 Å². The second-order valence-electron chi connectivity index (χ2n) is 4.69. The number of hydrogen-bond donors (Lipinski definition) is 1. The Labute approximate surface area is 120 Å². The van der Waals surface area contributed by atoms with Gasteiger partial charge >= 0.3 is 0 Å². The summed E-state index contributed by atoms with van der Waals surface area (Å²) in [5, 5.41) is 1.95. The Kier molecular flexibility index (Phi) is 3.06. The summed E-state index contributed by atoms with van der Waals surface area (Å²) in [6.07, 6.45) is 0.686. The van der Waals surface area contributed by atoms with E-state index in [1.807, 2.05) is 24.4 Å². The highest BCUT2D eigenvalue weighted by Gasteiger charge is 2.41. The lowest BCUT2D eigenvalue weighted by Gasteiger charge is -2.24. The van der Waals surface area contributed by atoms with Crippen LogP contribution in [0.3, 0.4) is 0 Å². The van der Waals surface area contributed by atoms with Gasteiger partial charge in [0.1, 0.15) is 0 Å². The van der Waals surface area contributed by atoms with Gasteiger partial charge in [-0.2, -0.15) is 0 Å². The highest BCUT2D eigenvalue weighted by Crippen LogP contribution is 2.36. The van der Waals surface area contributed by atoms with Crippen molar-refractivity contribution in [1.29, 1.82) is 0 Å². The van der Waals surface area contributed by atoms with E-state index in [2.05, 4.69) is 0 Å². The van der Waals surface area contributed by atoms with Gasteiger partial charge in [-0.3, -0.25) is 14.5 Å². The molecule has 0 saturated carbocycles. The van der Waals surface area contributed by atoms with Gasteiger partial charge in [0.2, 0.25) is 0 Å². The van der Waals surface area contributed by atoms with Crippen LogP contribution in [-0.4, -0.2) is 16.7 Å². The quantitative estimate of drug-likeness (QED) is 0.696. The molecular weight excluding hydrogens is 272 g/mol. The van der Waals surface area contributed by atoms with Crippen LogP contribution in [0, 0.1) is 0 Å². The van der Waals surface area contributed by atoms with E-state index in [0.29, 0.717) is 23.2 Å². The minimum Gasteiger partial charge on any atom is -0.398 e. The van der Waals surface area contributed by atoms with Gasteiger partial charge in [-0.05, 0) is 30.0 Å². The number of anilines is 1. The fourth-order valence-electron chi connectivity index (χ4n) is 2.60. The molecule has 1 aromatic carbocycles. The molecule has 2 N–H and O–H groups in total. The number of thiophene rings is 1. The summed E-state index contributed by atoms with van der Waals surface area (Å²) >= 11 is 1.55. The molecule has 102 valence electrons. The van der Waals surface area contributed by atoms with Gasteiger partial charge in [0.05, 0.1) is 17.2 Å². The van der Waals surface area contributed by atoms with Crippen molar-refractivity contribution in [1.82, 2.24) is 4.90 Å². The minimum absolute atomic E-state index is 0.221. The molecule has 1 atom stereocenters. The number of imide groups is 1. The molecule has 3 rings (SSSR count). The van der Waals surface area contributed by atoms with Crippen molar-refractivity contribution in [3.05, 3.63) is 51.7 Å².